The van der Waals surface area contributed by atoms with Crippen LogP contribution in [0.3, 0.4) is 0 Å². The standard InChI is InChI=1S/C6H11BrO/c1-2-3-4-6(7)5-8/h4,8H,2-3,5H2,1H3/b6-4+. The number of allylic oxidation sites excluding steroid dienone is 1. The van der Waals surface area contributed by atoms with Gasteiger partial charge in [0.1, 0.15) is 0 Å². The van der Waals surface area contributed by atoms with Gasteiger partial charge in [-0.3, -0.25) is 0 Å². The van der Waals surface area contributed by atoms with Gasteiger partial charge in [-0.1, -0.05) is 35.4 Å². The summed E-state index contributed by atoms with van der Waals surface area (Å²) in [5.41, 5.74) is 0. The van der Waals surface area contributed by atoms with Gasteiger partial charge in [-0.15, -0.1) is 0 Å². The van der Waals surface area contributed by atoms with Gasteiger partial charge < -0.3 is 5.11 Å². The van der Waals surface area contributed by atoms with Crippen molar-refractivity contribution >= 4 is 15.9 Å². The Morgan fingerprint density at radius 2 is 2.38 bits per heavy atom. The van der Waals surface area contributed by atoms with Gasteiger partial charge in [-0.2, -0.15) is 0 Å². The Morgan fingerprint density at radius 3 is 2.75 bits per heavy atom. The average Bonchev–Trinajstić information content (AvgIpc) is 1.83. The molecule has 0 aliphatic rings. The number of halogens is 1. The molecule has 0 aromatic carbocycles. The first kappa shape index (κ1) is 8.18. The highest BCUT2D eigenvalue weighted by Crippen LogP contribution is 2.04. The lowest BCUT2D eigenvalue weighted by Gasteiger charge is -1.88. The summed E-state index contributed by atoms with van der Waals surface area (Å²) >= 11 is 3.19. The summed E-state index contributed by atoms with van der Waals surface area (Å²) in [6.45, 7) is 2.23. The van der Waals surface area contributed by atoms with Crippen LogP contribution < -0.4 is 0 Å². The molecule has 2 heteroatoms. The van der Waals surface area contributed by atoms with Crippen molar-refractivity contribution in [3.63, 3.8) is 0 Å². The molecule has 0 spiro atoms. The van der Waals surface area contributed by atoms with Crippen molar-refractivity contribution in [3.05, 3.63) is 10.6 Å². The van der Waals surface area contributed by atoms with Crippen molar-refractivity contribution in [3.8, 4) is 0 Å². The van der Waals surface area contributed by atoms with Gasteiger partial charge in [0.25, 0.3) is 0 Å². The smallest absolute Gasteiger partial charge is 0.0743 e. The number of rotatable bonds is 3. The number of aliphatic hydroxyl groups excluding tert-OH is 1. The van der Waals surface area contributed by atoms with Crippen LogP contribution in [0.15, 0.2) is 10.6 Å². The Balaban J connectivity index is 3.26. The van der Waals surface area contributed by atoms with E-state index in [1.807, 2.05) is 6.08 Å². The maximum Gasteiger partial charge on any atom is 0.0743 e. The molecule has 0 heterocycles. The minimum absolute atomic E-state index is 0.125. The minimum atomic E-state index is 0.125. The quantitative estimate of drug-likeness (QED) is 0.702. The Hall–Kier alpha value is 0.180. The van der Waals surface area contributed by atoms with Gasteiger partial charge in [0.2, 0.25) is 0 Å². The minimum Gasteiger partial charge on any atom is -0.391 e. The summed E-state index contributed by atoms with van der Waals surface area (Å²) < 4.78 is 0.888. The number of aliphatic hydroxyl groups is 1. The van der Waals surface area contributed by atoms with Crippen molar-refractivity contribution in [2.24, 2.45) is 0 Å². The topological polar surface area (TPSA) is 20.2 Å². The Labute approximate surface area is 58.5 Å². The maximum absolute atomic E-state index is 8.45. The van der Waals surface area contributed by atoms with Gasteiger partial charge in [-0.25, -0.2) is 0 Å². The molecule has 0 atom stereocenters. The van der Waals surface area contributed by atoms with E-state index < -0.39 is 0 Å². The summed E-state index contributed by atoms with van der Waals surface area (Å²) in [7, 11) is 0. The van der Waals surface area contributed by atoms with Crippen molar-refractivity contribution < 1.29 is 5.11 Å². The molecule has 0 aliphatic heterocycles. The van der Waals surface area contributed by atoms with Gasteiger partial charge >= 0.3 is 0 Å². The fourth-order valence-electron chi connectivity index (χ4n) is 0.366. The van der Waals surface area contributed by atoms with Crippen LogP contribution in [-0.2, 0) is 0 Å². The fraction of sp³-hybridized carbons (Fsp3) is 0.667. The molecule has 1 N–H and O–H groups in total. The first-order valence-corrected chi connectivity index (χ1v) is 3.56. The Bertz CT molecular complexity index is 78.6. The highest BCUT2D eigenvalue weighted by molar-refractivity contribution is 9.11. The van der Waals surface area contributed by atoms with Crippen molar-refractivity contribution in [2.75, 3.05) is 6.61 Å². The van der Waals surface area contributed by atoms with E-state index in [0.29, 0.717) is 0 Å². The second-order valence-electron chi connectivity index (χ2n) is 1.60. The highest BCUT2D eigenvalue weighted by atomic mass is 79.9. The predicted octanol–water partition coefficient (Wildman–Crippen LogP) is 2.06. The lowest BCUT2D eigenvalue weighted by Crippen LogP contribution is -1.78. The zero-order valence-electron chi connectivity index (χ0n) is 5.02. The normalized spacial score (nSPS) is 12.1. The molecule has 0 rings (SSSR count). The first-order chi connectivity index (χ1) is 3.81. The molecule has 0 saturated carbocycles. The van der Waals surface area contributed by atoms with E-state index in [4.69, 9.17) is 5.11 Å². The summed E-state index contributed by atoms with van der Waals surface area (Å²) in [6, 6.07) is 0. The van der Waals surface area contributed by atoms with E-state index in [2.05, 4.69) is 22.9 Å². The van der Waals surface area contributed by atoms with E-state index in [-0.39, 0.29) is 6.61 Å². The second kappa shape index (κ2) is 5.32. The second-order valence-corrected chi connectivity index (χ2v) is 2.62. The van der Waals surface area contributed by atoms with Gasteiger partial charge in [0.15, 0.2) is 0 Å². The number of unbranched alkanes of at least 4 members (excludes halogenated alkanes) is 1. The number of hydrogen-bond acceptors (Lipinski definition) is 1. The van der Waals surface area contributed by atoms with Crippen LogP contribution in [0.5, 0.6) is 0 Å². The van der Waals surface area contributed by atoms with E-state index >= 15 is 0 Å². The molecule has 0 aromatic heterocycles. The van der Waals surface area contributed by atoms with E-state index in [9.17, 15) is 0 Å². The summed E-state index contributed by atoms with van der Waals surface area (Å²) in [5, 5.41) is 8.45. The third-order valence-electron chi connectivity index (χ3n) is 0.806. The molecule has 0 aromatic rings. The molecule has 0 radical (unpaired) electrons. The molecule has 0 amide bonds. The first-order valence-electron chi connectivity index (χ1n) is 2.76. The molecule has 1 nitrogen and oxygen atoms in total. The Morgan fingerprint density at radius 1 is 1.75 bits per heavy atom. The van der Waals surface area contributed by atoms with E-state index in [1.54, 1.807) is 0 Å². The molecule has 8 heavy (non-hydrogen) atoms. The monoisotopic (exact) mass is 178 g/mol. The van der Waals surface area contributed by atoms with Crippen molar-refractivity contribution in [1.82, 2.24) is 0 Å². The lowest BCUT2D eigenvalue weighted by atomic mass is 10.3. The zero-order valence-corrected chi connectivity index (χ0v) is 6.61. The molecule has 0 fully saturated rings. The molecule has 0 aliphatic carbocycles. The van der Waals surface area contributed by atoms with Crippen LogP contribution in [0, 0.1) is 0 Å². The van der Waals surface area contributed by atoms with Crippen molar-refractivity contribution in [1.29, 1.82) is 0 Å². The van der Waals surface area contributed by atoms with Gasteiger partial charge in [0, 0.05) is 4.48 Å². The summed E-state index contributed by atoms with van der Waals surface area (Å²) in [5.74, 6) is 0. The lowest BCUT2D eigenvalue weighted by molar-refractivity contribution is 0.340. The third kappa shape index (κ3) is 4.34. The Kier molecular flexibility index (Phi) is 5.44. The van der Waals surface area contributed by atoms with Gasteiger partial charge in [-0.05, 0) is 6.42 Å². The zero-order chi connectivity index (χ0) is 6.41. The van der Waals surface area contributed by atoms with Crippen LogP contribution in [0.1, 0.15) is 19.8 Å². The largest absolute Gasteiger partial charge is 0.391 e. The molecular formula is C6H11BrO. The summed E-state index contributed by atoms with van der Waals surface area (Å²) in [6.07, 6.45) is 4.16. The third-order valence-corrected chi connectivity index (χ3v) is 1.38. The van der Waals surface area contributed by atoms with Crippen LogP contribution >= 0.6 is 15.9 Å². The van der Waals surface area contributed by atoms with E-state index in [0.717, 1.165) is 17.3 Å². The van der Waals surface area contributed by atoms with Crippen LogP contribution in [0.2, 0.25) is 0 Å². The van der Waals surface area contributed by atoms with Crippen molar-refractivity contribution in [2.45, 2.75) is 19.8 Å². The average molecular weight is 179 g/mol. The predicted molar refractivity (Wildman–Crippen MR) is 39.0 cm³/mol. The molecule has 0 saturated heterocycles. The molecule has 0 bridgehead atoms. The summed E-state index contributed by atoms with van der Waals surface area (Å²) in [4.78, 5) is 0. The molecule has 48 valence electrons. The maximum atomic E-state index is 8.45. The number of hydrogen-bond donors (Lipinski definition) is 1. The van der Waals surface area contributed by atoms with E-state index in [1.165, 1.54) is 0 Å². The van der Waals surface area contributed by atoms with Crippen LogP contribution in [0.4, 0.5) is 0 Å². The molecule has 0 unspecified atom stereocenters. The fourth-order valence-corrected chi connectivity index (χ4v) is 0.594. The SMILES string of the molecule is CCC/C=C(/Br)CO. The van der Waals surface area contributed by atoms with Gasteiger partial charge in [0.05, 0.1) is 6.61 Å². The molecular weight excluding hydrogens is 168 g/mol. The van der Waals surface area contributed by atoms with Crippen LogP contribution in [-0.4, -0.2) is 11.7 Å². The highest BCUT2D eigenvalue weighted by Gasteiger charge is 1.83. The van der Waals surface area contributed by atoms with Crippen LogP contribution in [0.25, 0.3) is 0 Å².